The Morgan fingerprint density at radius 1 is 0.693 bits per heavy atom. The molecule has 30 nitrogen and oxygen atoms in total. The molecule has 0 saturated heterocycles. The van der Waals surface area contributed by atoms with Crippen LogP contribution in [0.1, 0.15) is 133 Å². The number of benzene rings is 1. The number of carbonyl (C=O) groups is 12. The topological polar surface area (TPSA) is 490 Å². The molecule has 1 heterocycles. The standard InChI is InChI=1S/C58H87N15O15/c1-5-12-39(52(83)68-40(17-11-24-63-58(61)62-4)53(84)70-42(50(60)81)27-35-29-64-38-16-10-9-15-37(35)38)67-47(78)30-65-51(82)43(25-33-13-7-6-8-14-33)72-57(88)49(31(2)74)73-56(87)45(28-46(59)77)71-54(85)41(22-23-48(79)80)69-55(86)44(66-32(3)75)26-34-18-20-36(76)21-19-34/h10,16,18-21,29,31,33,39-45,49,64,74,76H,5-9,11-15,17,22-28,30H2,1-4H3,(H2,59,77)(H2,60,81)(H,65,82)(H,66,75)(H,67,78)(H,68,83)(H,69,86)(H,70,84)(H,71,85)(H,72,88)(H,73,87)(H,79,80)(H3,61,62,63)/t31-,39+,40+,41+,42+,43+,44-,45+,49+/m1/s1. The number of rotatable bonds is 36. The highest BCUT2D eigenvalue weighted by molar-refractivity contribution is 5.99. The summed E-state index contributed by atoms with van der Waals surface area (Å²) in [6.07, 6.45) is 8.08. The minimum absolute atomic E-state index is 0.0178. The summed E-state index contributed by atoms with van der Waals surface area (Å²) in [6, 6.07) is -6.14. The normalized spacial score (nSPS) is 15.8. The van der Waals surface area contributed by atoms with Gasteiger partial charge in [0.2, 0.25) is 65.0 Å². The first-order valence-electron chi connectivity index (χ1n) is 29.6. The summed E-state index contributed by atoms with van der Waals surface area (Å²) >= 11 is 0. The fourth-order valence-corrected chi connectivity index (χ4v) is 10.2. The molecule has 0 unspecified atom stereocenters. The van der Waals surface area contributed by atoms with Gasteiger partial charge in [0.1, 0.15) is 54.1 Å². The Morgan fingerprint density at radius 3 is 1.88 bits per heavy atom. The molecule has 0 bridgehead atoms. The van der Waals surface area contributed by atoms with E-state index in [9.17, 15) is 72.9 Å². The lowest BCUT2D eigenvalue weighted by atomic mass is 9.84. The molecule has 30 heteroatoms. The average Bonchev–Trinajstić information content (AvgIpc) is 2.18. The number of aromatic hydroxyl groups is 1. The summed E-state index contributed by atoms with van der Waals surface area (Å²) in [5.74, 6) is -11.7. The molecule has 9 atom stereocenters. The van der Waals surface area contributed by atoms with Crippen LogP contribution in [0.15, 0.2) is 36.5 Å². The zero-order chi connectivity index (χ0) is 65.0. The number of aliphatic carboxylic acids is 1. The smallest absolute Gasteiger partial charge is 0.303 e. The molecule has 0 radical (unpaired) electrons. The van der Waals surface area contributed by atoms with Gasteiger partial charge in [-0.2, -0.15) is 0 Å². The number of aromatic nitrogens is 1. The lowest BCUT2D eigenvalue weighted by Crippen LogP contribution is -2.61. The van der Waals surface area contributed by atoms with E-state index in [1.807, 2.05) is 12.2 Å². The number of H-pyrrole nitrogens is 1. The van der Waals surface area contributed by atoms with Crippen LogP contribution in [0.4, 0.5) is 0 Å². The molecule has 20 N–H and O–H groups in total. The molecule has 2 aromatic rings. The predicted octanol–water partition coefficient (Wildman–Crippen LogP) is -2.62. The second kappa shape index (κ2) is 36.1. The molecular weight excluding hydrogens is 1150 g/mol. The Balaban J connectivity index is 1.47. The molecule has 484 valence electrons. The van der Waals surface area contributed by atoms with Gasteiger partial charge in [-0.25, -0.2) is 0 Å². The van der Waals surface area contributed by atoms with Crippen molar-refractivity contribution in [1.29, 1.82) is 5.41 Å². The van der Waals surface area contributed by atoms with Crippen molar-refractivity contribution in [3.63, 3.8) is 0 Å². The molecule has 4 rings (SSSR count). The molecule has 0 spiro atoms. The number of phenolic OH excluding ortho intramolecular Hbond substituents is 1. The Kier molecular flexibility index (Phi) is 29.3. The van der Waals surface area contributed by atoms with Gasteiger partial charge < -0.3 is 90.3 Å². The van der Waals surface area contributed by atoms with Crippen molar-refractivity contribution in [1.82, 2.24) is 63.5 Å². The number of aliphatic hydroxyl groups is 1. The predicted molar refractivity (Wildman–Crippen MR) is 319 cm³/mol. The largest absolute Gasteiger partial charge is 0.508 e. The molecule has 11 amide bonds. The summed E-state index contributed by atoms with van der Waals surface area (Å²) in [6.45, 7) is 3.53. The number of carboxylic acid groups (broad SMARTS) is 1. The monoisotopic (exact) mass is 1230 g/mol. The number of primary amides is 2. The van der Waals surface area contributed by atoms with Crippen LogP contribution in [0.3, 0.4) is 0 Å². The number of fused-ring (bicyclic) bond motifs is 1. The number of carboxylic acids is 1. The quantitative estimate of drug-likeness (QED) is 0.0189. The van der Waals surface area contributed by atoms with E-state index < -0.39 is 151 Å². The Morgan fingerprint density at radius 2 is 1.28 bits per heavy atom. The van der Waals surface area contributed by atoms with Crippen molar-refractivity contribution in [2.75, 3.05) is 20.1 Å². The second-order valence-electron chi connectivity index (χ2n) is 22.1. The van der Waals surface area contributed by atoms with Gasteiger partial charge >= 0.3 is 5.97 Å². The fraction of sp³-hybridized carbons (Fsp3) is 0.569. The zero-order valence-electron chi connectivity index (χ0n) is 50.1. The minimum atomic E-state index is -1.90. The lowest BCUT2D eigenvalue weighted by Gasteiger charge is -2.29. The molecule has 1 fully saturated rings. The highest BCUT2D eigenvalue weighted by Crippen LogP contribution is 2.28. The van der Waals surface area contributed by atoms with Crippen LogP contribution in [0, 0.1) is 11.3 Å². The zero-order valence-corrected chi connectivity index (χ0v) is 50.1. The third kappa shape index (κ3) is 24.3. The summed E-state index contributed by atoms with van der Waals surface area (Å²) in [7, 11) is 1.55. The van der Waals surface area contributed by atoms with E-state index in [1.54, 1.807) is 20.2 Å². The van der Waals surface area contributed by atoms with Gasteiger partial charge in [0.15, 0.2) is 5.96 Å². The maximum Gasteiger partial charge on any atom is 0.303 e. The number of allylic oxidation sites excluding steroid dienone is 1. The number of amides is 11. The number of phenols is 1. The van der Waals surface area contributed by atoms with Crippen molar-refractivity contribution in [3.8, 4) is 5.75 Å². The molecule has 1 saturated carbocycles. The molecule has 88 heavy (non-hydrogen) atoms. The molecule has 0 aliphatic heterocycles. The number of carbonyl (C=O) groups excluding carboxylic acids is 11. The molecule has 1 aromatic carbocycles. The van der Waals surface area contributed by atoms with E-state index in [1.165, 1.54) is 24.3 Å². The van der Waals surface area contributed by atoms with Gasteiger partial charge in [0.05, 0.1) is 19.1 Å². The number of hydrogen-bond donors (Lipinski definition) is 18. The van der Waals surface area contributed by atoms with Gasteiger partial charge in [0, 0.05) is 51.7 Å². The Hall–Kier alpha value is -9.09. The van der Waals surface area contributed by atoms with Crippen molar-refractivity contribution in [2.24, 2.45) is 17.4 Å². The lowest BCUT2D eigenvalue weighted by molar-refractivity contribution is -0.139. The maximum absolute atomic E-state index is 14.1. The average molecular weight is 1230 g/mol. The number of nitrogens with one attached hydrogen (secondary N) is 13. The minimum Gasteiger partial charge on any atom is -0.508 e. The van der Waals surface area contributed by atoms with Crippen LogP contribution in [0.25, 0.3) is 6.08 Å². The highest BCUT2D eigenvalue weighted by Gasteiger charge is 2.37. The van der Waals surface area contributed by atoms with Gasteiger partial charge in [-0.05, 0) is 92.7 Å². The number of aromatic amines is 1. The maximum atomic E-state index is 14.1. The summed E-state index contributed by atoms with van der Waals surface area (Å²) < 4.78 is 0. The summed E-state index contributed by atoms with van der Waals surface area (Å²) in [4.78, 5) is 163. The van der Waals surface area contributed by atoms with Crippen LogP contribution in [-0.4, -0.2) is 172 Å². The molecular formula is C58H87N15O15. The van der Waals surface area contributed by atoms with E-state index in [0.717, 1.165) is 62.8 Å². The Bertz CT molecular complexity index is 2820. The van der Waals surface area contributed by atoms with E-state index >= 15 is 0 Å². The van der Waals surface area contributed by atoms with Crippen LogP contribution < -0.4 is 70.0 Å². The van der Waals surface area contributed by atoms with Gasteiger partial charge in [-0.1, -0.05) is 63.7 Å². The van der Waals surface area contributed by atoms with E-state index in [0.29, 0.717) is 24.8 Å². The fourth-order valence-electron chi connectivity index (χ4n) is 10.2. The Labute approximate surface area is 509 Å². The van der Waals surface area contributed by atoms with Crippen LogP contribution in [0.2, 0.25) is 0 Å². The second-order valence-corrected chi connectivity index (χ2v) is 22.1. The molecule has 1 aromatic heterocycles. The summed E-state index contributed by atoms with van der Waals surface area (Å²) in [5.41, 5.74) is 14.4. The van der Waals surface area contributed by atoms with Crippen LogP contribution in [-0.2, 0) is 76.8 Å². The number of nitrogens with two attached hydrogens (primary N) is 2. The van der Waals surface area contributed by atoms with Crippen molar-refractivity contribution >= 4 is 83.0 Å². The highest BCUT2D eigenvalue weighted by atomic mass is 16.4. The third-order valence-electron chi connectivity index (χ3n) is 14.9. The van der Waals surface area contributed by atoms with Crippen LogP contribution >= 0.6 is 0 Å². The van der Waals surface area contributed by atoms with Gasteiger partial charge in [-0.15, -0.1) is 0 Å². The third-order valence-corrected chi connectivity index (χ3v) is 14.9. The number of guanidine groups is 1. The van der Waals surface area contributed by atoms with Crippen LogP contribution in [0.5, 0.6) is 5.75 Å². The van der Waals surface area contributed by atoms with E-state index in [4.69, 9.17) is 16.9 Å². The van der Waals surface area contributed by atoms with Gasteiger partial charge in [-0.3, -0.25) is 62.9 Å². The first-order valence-corrected chi connectivity index (χ1v) is 29.6. The van der Waals surface area contributed by atoms with E-state index in [2.05, 4.69) is 63.5 Å². The SMILES string of the molecule is CCC[C@H](NC(=O)CNC(=O)[C@H](CC1CCCCC1)NC(=O)[C@@H](NC(=O)[C@H](CC(N)=O)NC(=O)[C@H](CCC(=O)O)NC(=O)[C@@H](Cc1ccc(O)cc1)NC(C)=O)[C@@H](C)O)C(=O)N[C@@H](CCCNC(=N)NC)C(=O)N[C@@H](Cc1c[nH]c2c1CCC=C2)C(N)=O. The number of hydrogen-bond acceptors (Lipinski definition) is 15. The van der Waals surface area contributed by atoms with Crippen molar-refractivity contribution < 1.29 is 72.9 Å². The first-order chi connectivity index (χ1) is 41.8. The molecule has 2 aliphatic rings. The number of aliphatic hydroxyl groups excluding tert-OH is 1. The van der Waals surface area contributed by atoms with E-state index in [-0.39, 0.29) is 62.7 Å². The van der Waals surface area contributed by atoms with Crippen molar-refractivity contribution in [2.45, 2.75) is 184 Å². The van der Waals surface area contributed by atoms with Crippen molar-refractivity contribution in [3.05, 3.63) is 58.9 Å². The summed E-state index contributed by atoms with van der Waals surface area (Å²) in [5, 5.41) is 65.8. The van der Waals surface area contributed by atoms with Gasteiger partial charge in [0.25, 0.3) is 0 Å². The first kappa shape index (κ1) is 71.4. The molecule has 2 aliphatic carbocycles.